The topological polar surface area (TPSA) is 75.6 Å². The molecule has 0 bridgehead atoms. The summed E-state index contributed by atoms with van der Waals surface area (Å²) in [5.74, 6) is -1.59. The number of carboxylic acids is 1. The van der Waals surface area contributed by atoms with Crippen LogP contribution in [0.25, 0.3) is 0 Å². The molecule has 1 amide bonds. The van der Waals surface area contributed by atoms with Crippen LogP contribution in [0.5, 0.6) is 5.75 Å². The molecule has 5 heteroatoms. The van der Waals surface area contributed by atoms with Crippen molar-refractivity contribution in [2.75, 3.05) is 11.9 Å². The van der Waals surface area contributed by atoms with Gasteiger partial charge in [-0.3, -0.25) is 9.59 Å². The number of unbranched alkanes of at least 4 members (excludes halogenated alkanes) is 1. The summed E-state index contributed by atoms with van der Waals surface area (Å²) in [6.07, 6.45) is 6.64. The Balaban J connectivity index is 1.94. The lowest BCUT2D eigenvalue weighted by Crippen LogP contribution is -2.34. The number of carbonyl (C=O) groups excluding carboxylic acids is 1. The second-order valence-electron chi connectivity index (χ2n) is 5.71. The zero-order valence-electron chi connectivity index (χ0n) is 13.3. The first kappa shape index (κ1) is 17.1. The quantitative estimate of drug-likeness (QED) is 0.596. The van der Waals surface area contributed by atoms with E-state index >= 15 is 0 Å². The number of ether oxygens (including phenoxy) is 1. The van der Waals surface area contributed by atoms with E-state index in [2.05, 4.69) is 12.2 Å². The highest BCUT2D eigenvalue weighted by Crippen LogP contribution is 2.27. The van der Waals surface area contributed by atoms with Gasteiger partial charge < -0.3 is 15.2 Å². The molecule has 1 aliphatic carbocycles. The molecule has 0 heterocycles. The first-order valence-corrected chi connectivity index (χ1v) is 8.03. The van der Waals surface area contributed by atoms with E-state index in [0.29, 0.717) is 25.1 Å². The average molecular weight is 317 g/mol. The van der Waals surface area contributed by atoms with Gasteiger partial charge in [-0.1, -0.05) is 25.5 Å². The lowest BCUT2D eigenvalue weighted by atomic mass is 9.82. The number of aliphatic carboxylic acids is 1. The molecule has 1 aromatic rings. The molecule has 124 valence electrons. The summed E-state index contributed by atoms with van der Waals surface area (Å²) < 4.78 is 5.57. The van der Waals surface area contributed by atoms with Gasteiger partial charge in [0.2, 0.25) is 5.91 Å². The number of hydrogen-bond donors (Lipinski definition) is 2. The Morgan fingerprint density at radius 2 is 1.83 bits per heavy atom. The van der Waals surface area contributed by atoms with Gasteiger partial charge in [0.05, 0.1) is 18.4 Å². The van der Waals surface area contributed by atoms with E-state index in [4.69, 9.17) is 4.74 Å². The van der Waals surface area contributed by atoms with E-state index in [1.807, 2.05) is 12.2 Å². The van der Waals surface area contributed by atoms with E-state index in [1.165, 1.54) is 0 Å². The molecule has 0 fully saturated rings. The molecular formula is C18H23NO4. The molecule has 2 N–H and O–H groups in total. The minimum Gasteiger partial charge on any atom is -0.494 e. The van der Waals surface area contributed by atoms with E-state index in [9.17, 15) is 14.7 Å². The third kappa shape index (κ3) is 4.84. The smallest absolute Gasteiger partial charge is 0.307 e. The maximum absolute atomic E-state index is 12.3. The van der Waals surface area contributed by atoms with Crippen LogP contribution < -0.4 is 10.1 Å². The van der Waals surface area contributed by atoms with Crippen molar-refractivity contribution < 1.29 is 19.4 Å². The average Bonchev–Trinajstić information content (AvgIpc) is 2.56. The molecule has 0 aliphatic heterocycles. The number of anilines is 1. The molecule has 0 radical (unpaired) electrons. The van der Waals surface area contributed by atoms with Gasteiger partial charge in [-0.25, -0.2) is 0 Å². The predicted molar refractivity (Wildman–Crippen MR) is 88.5 cm³/mol. The summed E-state index contributed by atoms with van der Waals surface area (Å²) in [5.41, 5.74) is 0.650. The predicted octanol–water partition coefficient (Wildman–Crippen LogP) is 3.47. The molecule has 0 saturated heterocycles. The Labute approximate surface area is 136 Å². The standard InChI is InChI=1S/C18H23NO4/c1-2-3-12-23-14-10-8-13(9-11-14)19-17(20)15-6-4-5-7-16(15)18(21)22/h4-5,8-11,15-16H,2-3,6-7,12H2,1H3,(H,19,20)(H,21,22)/t15-,16+/m1/s1. The minimum atomic E-state index is -0.922. The lowest BCUT2D eigenvalue weighted by Gasteiger charge is -2.24. The Hall–Kier alpha value is -2.30. The zero-order valence-corrected chi connectivity index (χ0v) is 13.3. The Morgan fingerprint density at radius 1 is 1.17 bits per heavy atom. The van der Waals surface area contributed by atoms with Gasteiger partial charge in [0.25, 0.3) is 0 Å². The Morgan fingerprint density at radius 3 is 2.43 bits per heavy atom. The number of hydrogen-bond acceptors (Lipinski definition) is 3. The molecule has 0 spiro atoms. The van der Waals surface area contributed by atoms with E-state index in [1.54, 1.807) is 24.3 Å². The van der Waals surface area contributed by atoms with Crippen LogP contribution in [0.3, 0.4) is 0 Å². The van der Waals surface area contributed by atoms with Crippen LogP contribution in [0.15, 0.2) is 36.4 Å². The molecule has 2 atom stereocenters. The molecule has 2 rings (SSSR count). The van der Waals surface area contributed by atoms with Crippen molar-refractivity contribution in [2.45, 2.75) is 32.6 Å². The van der Waals surface area contributed by atoms with Gasteiger partial charge in [-0.15, -0.1) is 0 Å². The van der Waals surface area contributed by atoms with Crippen molar-refractivity contribution in [3.63, 3.8) is 0 Å². The number of carbonyl (C=O) groups is 2. The van der Waals surface area contributed by atoms with Crippen molar-refractivity contribution in [3.8, 4) is 5.75 Å². The molecule has 0 unspecified atom stereocenters. The van der Waals surface area contributed by atoms with Gasteiger partial charge in [0.1, 0.15) is 5.75 Å². The van der Waals surface area contributed by atoms with Gasteiger partial charge in [0.15, 0.2) is 0 Å². The molecule has 5 nitrogen and oxygen atoms in total. The minimum absolute atomic E-state index is 0.249. The Kier molecular flexibility index (Phi) is 6.20. The fourth-order valence-electron chi connectivity index (χ4n) is 2.58. The number of carboxylic acid groups (broad SMARTS) is 1. The Bertz CT molecular complexity index is 565. The molecule has 0 saturated carbocycles. The van der Waals surface area contributed by atoms with Gasteiger partial charge in [-0.05, 0) is 43.5 Å². The number of nitrogens with one attached hydrogen (secondary N) is 1. The van der Waals surface area contributed by atoms with Crippen LogP contribution in [-0.4, -0.2) is 23.6 Å². The molecular weight excluding hydrogens is 294 g/mol. The van der Waals surface area contributed by atoms with Crippen molar-refractivity contribution in [1.82, 2.24) is 0 Å². The summed E-state index contributed by atoms with van der Waals surface area (Å²) >= 11 is 0. The summed E-state index contributed by atoms with van der Waals surface area (Å²) in [7, 11) is 0. The summed E-state index contributed by atoms with van der Waals surface area (Å²) in [4.78, 5) is 23.6. The SMILES string of the molecule is CCCCOc1ccc(NC(=O)[C@@H]2CC=CC[C@@H]2C(=O)O)cc1. The molecule has 23 heavy (non-hydrogen) atoms. The van der Waals surface area contributed by atoms with Crippen LogP contribution in [0.1, 0.15) is 32.6 Å². The van der Waals surface area contributed by atoms with Crippen molar-refractivity contribution in [3.05, 3.63) is 36.4 Å². The van der Waals surface area contributed by atoms with Crippen molar-refractivity contribution in [2.24, 2.45) is 11.8 Å². The third-order valence-electron chi connectivity index (χ3n) is 3.97. The number of allylic oxidation sites excluding steroid dienone is 2. The van der Waals surface area contributed by atoms with Crippen molar-refractivity contribution in [1.29, 1.82) is 0 Å². The molecule has 1 aliphatic rings. The van der Waals surface area contributed by atoms with E-state index in [-0.39, 0.29) is 5.91 Å². The summed E-state index contributed by atoms with van der Waals surface area (Å²) in [6, 6.07) is 7.16. The highest BCUT2D eigenvalue weighted by molar-refractivity contribution is 5.95. The maximum Gasteiger partial charge on any atom is 0.307 e. The molecule has 1 aromatic carbocycles. The van der Waals surface area contributed by atoms with Crippen LogP contribution >= 0.6 is 0 Å². The first-order valence-electron chi connectivity index (χ1n) is 8.03. The fraction of sp³-hybridized carbons (Fsp3) is 0.444. The summed E-state index contributed by atoms with van der Waals surface area (Å²) in [5, 5.41) is 12.0. The zero-order chi connectivity index (χ0) is 16.7. The van der Waals surface area contributed by atoms with Gasteiger partial charge in [-0.2, -0.15) is 0 Å². The largest absolute Gasteiger partial charge is 0.494 e. The highest BCUT2D eigenvalue weighted by atomic mass is 16.5. The molecule has 0 aromatic heterocycles. The number of amides is 1. The van der Waals surface area contributed by atoms with E-state index < -0.39 is 17.8 Å². The highest BCUT2D eigenvalue weighted by Gasteiger charge is 2.33. The maximum atomic E-state index is 12.3. The fourth-order valence-corrected chi connectivity index (χ4v) is 2.58. The summed E-state index contributed by atoms with van der Waals surface area (Å²) in [6.45, 7) is 2.78. The van der Waals surface area contributed by atoms with E-state index in [0.717, 1.165) is 18.6 Å². The van der Waals surface area contributed by atoms with Crippen LogP contribution in [-0.2, 0) is 9.59 Å². The second-order valence-corrected chi connectivity index (χ2v) is 5.71. The second kappa shape index (κ2) is 8.36. The van der Waals surface area contributed by atoms with Crippen LogP contribution in [0.2, 0.25) is 0 Å². The third-order valence-corrected chi connectivity index (χ3v) is 3.97. The normalized spacial score (nSPS) is 20.0. The van der Waals surface area contributed by atoms with Crippen LogP contribution in [0, 0.1) is 11.8 Å². The van der Waals surface area contributed by atoms with Crippen LogP contribution in [0.4, 0.5) is 5.69 Å². The lowest BCUT2D eigenvalue weighted by molar-refractivity contribution is -0.146. The van der Waals surface area contributed by atoms with Gasteiger partial charge >= 0.3 is 5.97 Å². The monoisotopic (exact) mass is 317 g/mol. The number of rotatable bonds is 7. The number of benzene rings is 1. The van der Waals surface area contributed by atoms with Gasteiger partial charge in [0, 0.05) is 5.69 Å². The van der Waals surface area contributed by atoms with Crippen molar-refractivity contribution >= 4 is 17.6 Å². The first-order chi connectivity index (χ1) is 11.1.